The molecular formula is C12H15FN2O2. The van der Waals surface area contributed by atoms with Crippen LogP contribution in [0, 0.1) is 5.82 Å². The molecule has 1 aromatic carbocycles. The van der Waals surface area contributed by atoms with Gasteiger partial charge in [0, 0.05) is 13.1 Å². The summed E-state index contributed by atoms with van der Waals surface area (Å²) in [5.74, 6) is -0.906. The van der Waals surface area contributed by atoms with Gasteiger partial charge in [-0.1, -0.05) is 18.2 Å². The first-order valence-electron chi connectivity index (χ1n) is 5.16. The molecule has 0 radical (unpaired) electrons. The molecule has 0 aromatic heterocycles. The molecule has 1 rings (SSSR count). The van der Waals surface area contributed by atoms with Crippen molar-refractivity contribution >= 4 is 5.91 Å². The standard InChI is InChI=1S/C12H15FN2O2/c1-17-10-6-4-5-9(13)11(10)12(16)15-8-3-2-7-14/h2-6H,7-8,14H2,1H3,(H,15,16)/b3-2+. The predicted molar refractivity (Wildman–Crippen MR) is 63.5 cm³/mol. The zero-order chi connectivity index (χ0) is 12.7. The minimum atomic E-state index is -0.607. The van der Waals surface area contributed by atoms with Gasteiger partial charge in [-0.3, -0.25) is 4.79 Å². The fraction of sp³-hybridized carbons (Fsp3) is 0.250. The molecule has 0 bridgehead atoms. The predicted octanol–water partition coefficient (Wildman–Crippen LogP) is 1.08. The molecule has 1 aromatic rings. The van der Waals surface area contributed by atoms with Gasteiger partial charge in [0.1, 0.15) is 17.1 Å². The molecule has 3 N–H and O–H groups in total. The van der Waals surface area contributed by atoms with E-state index in [0.29, 0.717) is 13.1 Å². The van der Waals surface area contributed by atoms with Gasteiger partial charge in [-0.05, 0) is 12.1 Å². The quantitative estimate of drug-likeness (QED) is 0.754. The van der Waals surface area contributed by atoms with Crippen molar-refractivity contribution in [2.45, 2.75) is 0 Å². The highest BCUT2D eigenvalue weighted by molar-refractivity contribution is 5.97. The van der Waals surface area contributed by atoms with Crippen LogP contribution in [0.2, 0.25) is 0 Å². The Morgan fingerprint density at radius 3 is 2.94 bits per heavy atom. The van der Waals surface area contributed by atoms with Crippen LogP contribution in [0.25, 0.3) is 0 Å². The molecule has 0 atom stereocenters. The maximum absolute atomic E-state index is 13.5. The van der Waals surface area contributed by atoms with Crippen LogP contribution in [0.15, 0.2) is 30.4 Å². The highest BCUT2D eigenvalue weighted by Crippen LogP contribution is 2.20. The van der Waals surface area contributed by atoms with Gasteiger partial charge in [0.25, 0.3) is 5.91 Å². The Morgan fingerprint density at radius 1 is 1.53 bits per heavy atom. The second-order valence-electron chi connectivity index (χ2n) is 3.23. The van der Waals surface area contributed by atoms with E-state index in [1.165, 1.54) is 25.3 Å². The first-order valence-corrected chi connectivity index (χ1v) is 5.16. The molecule has 0 fully saturated rings. The number of nitrogens with two attached hydrogens (primary N) is 1. The van der Waals surface area contributed by atoms with Gasteiger partial charge in [-0.2, -0.15) is 0 Å². The number of hydrogen-bond donors (Lipinski definition) is 2. The third kappa shape index (κ3) is 3.57. The van der Waals surface area contributed by atoms with Crippen molar-refractivity contribution in [3.63, 3.8) is 0 Å². The summed E-state index contributed by atoms with van der Waals surface area (Å²) in [4.78, 5) is 11.7. The number of carbonyl (C=O) groups excluding carboxylic acids is 1. The Labute approximate surface area is 99.3 Å². The van der Waals surface area contributed by atoms with Crippen LogP contribution in [0.5, 0.6) is 5.75 Å². The Balaban J connectivity index is 2.77. The summed E-state index contributed by atoms with van der Waals surface area (Å²) >= 11 is 0. The molecule has 0 heterocycles. The SMILES string of the molecule is COc1cccc(F)c1C(=O)NC/C=C/CN. The highest BCUT2D eigenvalue weighted by Gasteiger charge is 2.16. The number of nitrogens with one attached hydrogen (secondary N) is 1. The van der Waals surface area contributed by atoms with E-state index in [-0.39, 0.29) is 11.3 Å². The Morgan fingerprint density at radius 2 is 2.29 bits per heavy atom. The summed E-state index contributed by atoms with van der Waals surface area (Å²) in [6, 6.07) is 4.24. The number of halogens is 1. The van der Waals surface area contributed by atoms with Crippen LogP contribution in [0.1, 0.15) is 10.4 Å². The summed E-state index contributed by atoms with van der Waals surface area (Å²) in [6.07, 6.45) is 3.41. The average molecular weight is 238 g/mol. The van der Waals surface area contributed by atoms with E-state index in [1.807, 2.05) is 0 Å². The van der Waals surface area contributed by atoms with Crippen LogP contribution in [-0.4, -0.2) is 26.1 Å². The monoisotopic (exact) mass is 238 g/mol. The fourth-order valence-electron chi connectivity index (χ4n) is 1.31. The van der Waals surface area contributed by atoms with E-state index in [9.17, 15) is 9.18 Å². The summed E-state index contributed by atoms with van der Waals surface area (Å²) < 4.78 is 18.4. The molecule has 0 unspecified atom stereocenters. The highest BCUT2D eigenvalue weighted by atomic mass is 19.1. The van der Waals surface area contributed by atoms with Crippen LogP contribution < -0.4 is 15.8 Å². The van der Waals surface area contributed by atoms with Gasteiger partial charge in [0.05, 0.1) is 7.11 Å². The molecule has 92 valence electrons. The minimum Gasteiger partial charge on any atom is -0.496 e. The molecular weight excluding hydrogens is 223 g/mol. The number of carbonyl (C=O) groups is 1. The van der Waals surface area contributed by atoms with Crippen molar-refractivity contribution in [3.8, 4) is 5.75 Å². The summed E-state index contributed by atoms with van der Waals surface area (Å²) in [5, 5.41) is 2.55. The van der Waals surface area contributed by atoms with E-state index < -0.39 is 11.7 Å². The molecule has 0 aliphatic heterocycles. The molecule has 5 heteroatoms. The number of hydrogen-bond acceptors (Lipinski definition) is 3. The van der Waals surface area contributed by atoms with E-state index in [1.54, 1.807) is 12.2 Å². The maximum atomic E-state index is 13.5. The Hall–Kier alpha value is -1.88. The molecule has 0 aliphatic rings. The molecule has 0 spiro atoms. The van der Waals surface area contributed by atoms with Gasteiger partial charge in [0.15, 0.2) is 0 Å². The van der Waals surface area contributed by atoms with E-state index in [2.05, 4.69) is 5.32 Å². The molecule has 17 heavy (non-hydrogen) atoms. The number of ether oxygens (including phenoxy) is 1. The Bertz CT molecular complexity index is 419. The van der Waals surface area contributed by atoms with Gasteiger partial charge in [-0.15, -0.1) is 0 Å². The van der Waals surface area contributed by atoms with Gasteiger partial charge < -0.3 is 15.8 Å². The van der Waals surface area contributed by atoms with Gasteiger partial charge in [-0.25, -0.2) is 4.39 Å². The first-order chi connectivity index (χ1) is 8.20. The third-order valence-electron chi connectivity index (χ3n) is 2.11. The first kappa shape index (κ1) is 13.2. The van der Waals surface area contributed by atoms with Crippen LogP contribution >= 0.6 is 0 Å². The summed E-state index contributed by atoms with van der Waals surface area (Å²) in [7, 11) is 1.39. The smallest absolute Gasteiger partial charge is 0.258 e. The molecule has 4 nitrogen and oxygen atoms in total. The second kappa shape index (κ2) is 6.65. The van der Waals surface area contributed by atoms with Crippen LogP contribution in [0.3, 0.4) is 0 Å². The largest absolute Gasteiger partial charge is 0.496 e. The lowest BCUT2D eigenvalue weighted by Crippen LogP contribution is -2.25. The molecule has 1 amide bonds. The van der Waals surface area contributed by atoms with Crippen molar-refractivity contribution in [2.75, 3.05) is 20.2 Å². The van der Waals surface area contributed by atoms with Crippen LogP contribution in [-0.2, 0) is 0 Å². The fourth-order valence-corrected chi connectivity index (χ4v) is 1.31. The number of rotatable bonds is 5. The summed E-state index contributed by atoms with van der Waals surface area (Å²) in [5.41, 5.74) is 5.16. The second-order valence-corrected chi connectivity index (χ2v) is 3.23. The zero-order valence-corrected chi connectivity index (χ0v) is 9.57. The number of amides is 1. The van der Waals surface area contributed by atoms with E-state index in [4.69, 9.17) is 10.5 Å². The average Bonchev–Trinajstić information content (AvgIpc) is 2.34. The zero-order valence-electron chi connectivity index (χ0n) is 9.57. The number of benzene rings is 1. The maximum Gasteiger partial charge on any atom is 0.258 e. The van der Waals surface area contributed by atoms with Gasteiger partial charge in [0.2, 0.25) is 0 Å². The van der Waals surface area contributed by atoms with Crippen LogP contribution in [0.4, 0.5) is 4.39 Å². The lowest BCUT2D eigenvalue weighted by molar-refractivity contribution is 0.0950. The number of methoxy groups -OCH3 is 1. The van der Waals surface area contributed by atoms with Crippen molar-refractivity contribution in [1.29, 1.82) is 0 Å². The lowest BCUT2D eigenvalue weighted by atomic mass is 10.1. The summed E-state index contributed by atoms with van der Waals surface area (Å²) in [6.45, 7) is 0.701. The van der Waals surface area contributed by atoms with E-state index >= 15 is 0 Å². The lowest BCUT2D eigenvalue weighted by Gasteiger charge is -2.08. The molecule has 0 saturated heterocycles. The molecule has 0 saturated carbocycles. The van der Waals surface area contributed by atoms with E-state index in [0.717, 1.165) is 0 Å². The van der Waals surface area contributed by atoms with Crippen molar-refractivity contribution in [3.05, 3.63) is 41.7 Å². The van der Waals surface area contributed by atoms with Gasteiger partial charge >= 0.3 is 0 Å². The normalized spacial score (nSPS) is 10.5. The van der Waals surface area contributed by atoms with Crippen molar-refractivity contribution in [2.24, 2.45) is 5.73 Å². The van der Waals surface area contributed by atoms with Crippen molar-refractivity contribution in [1.82, 2.24) is 5.32 Å². The third-order valence-corrected chi connectivity index (χ3v) is 2.11. The molecule has 0 aliphatic carbocycles. The van der Waals surface area contributed by atoms with Crippen molar-refractivity contribution < 1.29 is 13.9 Å². The Kier molecular flexibility index (Phi) is 5.16. The minimum absolute atomic E-state index is 0.0869. The topological polar surface area (TPSA) is 64.3 Å².